The van der Waals surface area contributed by atoms with E-state index in [1.807, 2.05) is 6.07 Å². The van der Waals surface area contributed by atoms with E-state index in [1.54, 1.807) is 0 Å². The first-order chi connectivity index (χ1) is 6.18. The molecule has 0 bridgehead atoms. The van der Waals surface area contributed by atoms with Gasteiger partial charge in [-0.15, -0.1) is 0 Å². The molecule has 0 saturated carbocycles. The first-order valence-corrected chi connectivity index (χ1v) is 4.99. The van der Waals surface area contributed by atoms with Crippen molar-refractivity contribution in [3.8, 4) is 0 Å². The van der Waals surface area contributed by atoms with Crippen molar-refractivity contribution in [2.45, 2.75) is 45.1 Å². The maximum absolute atomic E-state index is 9.70. The third-order valence-corrected chi connectivity index (χ3v) is 2.67. The molecule has 0 aromatic carbocycles. The van der Waals surface area contributed by atoms with Gasteiger partial charge in [-0.1, -0.05) is 13.8 Å². The van der Waals surface area contributed by atoms with Gasteiger partial charge in [0.2, 0.25) is 0 Å². The van der Waals surface area contributed by atoms with Gasteiger partial charge in [0, 0.05) is 17.9 Å². The number of aryl methyl sites for hydroxylation is 1. The summed E-state index contributed by atoms with van der Waals surface area (Å²) in [6.45, 7) is 4.22. The second-order valence-corrected chi connectivity index (χ2v) is 4.09. The minimum atomic E-state index is -0.292. The highest BCUT2D eigenvalue weighted by molar-refractivity contribution is 5.27. The van der Waals surface area contributed by atoms with E-state index in [9.17, 15) is 5.11 Å². The SMILES string of the molecule is CC(C)c1cc2c(o1)CCCC2O. The molecule has 1 aliphatic rings. The molecule has 2 rings (SSSR count). The molecule has 0 radical (unpaired) electrons. The number of rotatable bonds is 1. The van der Waals surface area contributed by atoms with Crippen LogP contribution in [0.3, 0.4) is 0 Å². The summed E-state index contributed by atoms with van der Waals surface area (Å²) in [6, 6.07) is 2.02. The number of aliphatic hydroxyl groups excluding tert-OH is 1. The van der Waals surface area contributed by atoms with Gasteiger partial charge in [-0.3, -0.25) is 0 Å². The smallest absolute Gasteiger partial charge is 0.109 e. The Morgan fingerprint density at radius 2 is 2.31 bits per heavy atom. The van der Waals surface area contributed by atoms with Gasteiger partial charge in [-0.2, -0.15) is 0 Å². The monoisotopic (exact) mass is 180 g/mol. The molecule has 2 heteroatoms. The molecule has 0 saturated heterocycles. The summed E-state index contributed by atoms with van der Waals surface area (Å²) >= 11 is 0. The molecule has 1 aromatic heterocycles. The highest BCUT2D eigenvalue weighted by atomic mass is 16.3. The zero-order valence-corrected chi connectivity index (χ0v) is 8.21. The quantitative estimate of drug-likeness (QED) is 0.721. The first kappa shape index (κ1) is 8.82. The number of furan rings is 1. The minimum absolute atomic E-state index is 0.292. The van der Waals surface area contributed by atoms with Gasteiger partial charge in [0.25, 0.3) is 0 Å². The zero-order valence-electron chi connectivity index (χ0n) is 8.21. The van der Waals surface area contributed by atoms with E-state index in [-0.39, 0.29) is 6.10 Å². The van der Waals surface area contributed by atoms with Crippen LogP contribution >= 0.6 is 0 Å². The normalized spacial score (nSPS) is 22.0. The van der Waals surface area contributed by atoms with Crippen molar-refractivity contribution in [2.75, 3.05) is 0 Å². The Bertz CT molecular complexity index is 299. The van der Waals surface area contributed by atoms with Crippen molar-refractivity contribution in [1.82, 2.24) is 0 Å². The van der Waals surface area contributed by atoms with Gasteiger partial charge in [0.05, 0.1) is 6.10 Å². The first-order valence-electron chi connectivity index (χ1n) is 4.99. The van der Waals surface area contributed by atoms with E-state index in [0.717, 1.165) is 36.3 Å². The Morgan fingerprint density at radius 1 is 1.54 bits per heavy atom. The second-order valence-electron chi connectivity index (χ2n) is 4.09. The molecule has 72 valence electrons. The van der Waals surface area contributed by atoms with Crippen LogP contribution in [0.1, 0.15) is 55.8 Å². The fourth-order valence-corrected chi connectivity index (χ4v) is 1.84. The fourth-order valence-electron chi connectivity index (χ4n) is 1.84. The van der Waals surface area contributed by atoms with Gasteiger partial charge >= 0.3 is 0 Å². The fraction of sp³-hybridized carbons (Fsp3) is 0.636. The summed E-state index contributed by atoms with van der Waals surface area (Å²) in [4.78, 5) is 0. The Balaban J connectivity index is 2.36. The third-order valence-electron chi connectivity index (χ3n) is 2.67. The van der Waals surface area contributed by atoms with Gasteiger partial charge in [0.1, 0.15) is 11.5 Å². The molecule has 1 unspecified atom stereocenters. The lowest BCUT2D eigenvalue weighted by molar-refractivity contribution is 0.152. The van der Waals surface area contributed by atoms with Crippen molar-refractivity contribution in [3.05, 3.63) is 23.2 Å². The molecule has 0 amide bonds. The van der Waals surface area contributed by atoms with Crippen LogP contribution < -0.4 is 0 Å². The number of hydrogen-bond acceptors (Lipinski definition) is 2. The molecule has 2 nitrogen and oxygen atoms in total. The molecule has 1 aromatic rings. The van der Waals surface area contributed by atoms with E-state index in [4.69, 9.17) is 4.42 Å². The lowest BCUT2D eigenvalue weighted by atomic mass is 9.95. The lowest BCUT2D eigenvalue weighted by Gasteiger charge is -2.15. The highest BCUT2D eigenvalue weighted by Crippen LogP contribution is 2.33. The van der Waals surface area contributed by atoms with Gasteiger partial charge < -0.3 is 9.52 Å². The van der Waals surface area contributed by atoms with E-state index in [0.29, 0.717) is 5.92 Å². The summed E-state index contributed by atoms with van der Waals surface area (Å²) in [6.07, 6.45) is 2.61. The average Bonchev–Trinajstić information content (AvgIpc) is 2.49. The van der Waals surface area contributed by atoms with E-state index < -0.39 is 0 Å². The summed E-state index contributed by atoms with van der Waals surface area (Å²) in [5.74, 6) is 2.42. The predicted molar refractivity (Wildman–Crippen MR) is 50.7 cm³/mol. The number of aliphatic hydroxyl groups is 1. The summed E-state index contributed by atoms with van der Waals surface area (Å²) < 4.78 is 5.68. The van der Waals surface area contributed by atoms with E-state index in [1.165, 1.54) is 0 Å². The van der Waals surface area contributed by atoms with Crippen LogP contribution in [0.15, 0.2) is 10.5 Å². The maximum Gasteiger partial charge on any atom is 0.109 e. The topological polar surface area (TPSA) is 33.4 Å². The van der Waals surface area contributed by atoms with Crippen LogP contribution in [-0.4, -0.2) is 5.11 Å². The molecule has 1 atom stereocenters. The van der Waals surface area contributed by atoms with Crippen LogP contribution in [0.5, 0.6) is 0 Å². The average molecular weight is 180 g/mol. The molecule has 1 N–H and O–H groups in total. The van der Waals surface area contributed by atoms with Crippen LogP contribution in [-0.2, 0) is 6.42 Å². The van der Waals surface area contributed by atoms with Crippen molar-refractivity contribution in [1.29, 1.82) is 0 Å². The molecule has 13 heavy (non-hydrogen) atoms. The Hall–Kier alpha value is -0.760. The maximum atomic E-state index is 9.70. The second kappa shape index (κ2) is 3.18. The zero-order chi connectivity index (χ0) is 9.42. The molecule has 0 fully saturated rings. The van der Waals surface area contributed by atoms with Gasteiger partial charge in [-0.05, 0) is 18.9 Å². The van der Waals surface area contributed by atoms with Crippen molar-refractivity contribution >= 4 is 0 Å². The third kappa shape index (κ3) is 1.51. The molecule has 1 heterocycles. The highest BCUT2D eigenvalue weighted by Gasteiger charge is 2.23. The molecule has 0 spiro atoms. The van der Waals surface area contributed by atoms with Crippen molar-refractivity contribution in [2.24, 2.45) is 0 Å². The van der Waals surface area contributed by atoms with Crippen LogP contribution in [0, 0.1) is 0 Å². The van der Waals surface area contributed by atoms with Crippen LogP contribution in [0.25, 0.3) is 0 Å². The van der Waals surface area contributed by atoms with E-state index >= 15 is 0 Å². The summed E-state index contributed by atoms with van der Waals surface area (Å²) in [5, 5.41) is 9.70. The Morgan fingerprint density at radius 3 is 2.92 bits per heavy atom. The molecule has 1 aliphatic carbocycles. The van der Waals surface area contributed by atoms with Crippen LogP contribution in [0.4, 0.5) is 0 Å². The number of hydrogen-bond donors (Lipinski definition) is 1. The van der Waals surface area contributed by atoms with Gasteiger partial charge in [0.15, 0.2) is 0 Å². The Kier molecular flexibility index (Phi) is 2.16. The molecular weight excluding hydrogens is 164 g/mol. The Labute approximate surface area is 78.6 Å². The predicted octanol–water partition coefficient (Wildman–Crippen LogP) is 2.77. The minimum Gasteiger partial charge on any atom is -0.465 e. The lowest BCUT2D eigenvalue weighted by Crippen LogP contribution is -2.05. The van der Waals surface area contributed by atoms with Crippen molar-refractivity contribution in [3.63, 3.8) is 0 Å². The number of fused-ring (bicyclic) bond motifs is 1. The summed E-state index contributed by atoms with van der Waals surface area (Å²) in [5.41, 5.74) is 1.02. The van der Waals surface area contributed by atoms with Crippen molar-refractivity contribution < 1.29 is 9.52 Å². The largest absolute Gasteiger partial charge is 0.465 e. The summed E-state index contributed by atoms with van der Waals surface area (Å²) in [7, 11) is 0. The van der Waals surface area contributed by atoms with Crippen LogP contribution in [0.2, 0.25) is 0 Å². The van der Waals surface area contributed by atoms with E-state index in [2.05, 4.69) is 13.8 Å². The molecule has 0 aliphatic heterocycles. The van der Waals surface area contributed by atoms with Gasteiger partial charge in [-0.25, -0.2) is 0 Å². The molecular formula is C11H16O2. The standard InChI is InChI=1S/C11H16O2/c1-7(2)11-6-8-9(12)4-3-5-10(8)13-11/h6-7,9,12H,3-5H2,1-2H3.